The van der Waals surface area contributed by atoms with Crippen LogP contribution in [0.15, 0.2) is 84.9 Å². The van der Waals surface area contributed by atoms with E-state index in [1.807, 2.05) is 6.07 Å². The number of benzene rings is 4. The van der Waals surface area contributed by atoms with Crippen molar-refractivity contribution in [2.45, 2.75) is 59.3 Å². The zero-order chi connectivity index (χ0) is 24.4. The Labute approximate surface area is 205 Å². The average molecular weight is 449 g/mol. The van der Waals surface area contributed by atoms with E-state index in [1.54, 1.807) is 0 Å². The molecule has 0 aromatic heterocycles. The molecule has 0 bridgehead atoms. The van der Waals surface area contributed by atoms with Crippen molar-refractivity contribution in [3.05, 3.63) is 135 Å². The first-order valence-electron chi connectivity index (χ1n) is 12.3. The molecule has 4 aromatic rings. The summed E-state index contributed by atoms with van der Waals surface area (Å²) in [4.78, 5) is 0. The van der Waals surface area contributed by atoms with E-state index in [0.29, 0.717) is 5.75 Å². The van der Waals surface area contributed by atoms with Crippen LogP contribution in [0.4, 0.5) is 0 Å². The molecule has 0 unspecified atom stereocenters. The highest BCUT2D eigenvalue weighted by Gasteiger charge is 2.28. The largest absolute Gasteiger partial charge is 0.508 e. The maximum Gasteiger partial charge on any atom is 0.119 e. The van der Waals surface area contributed by atoms with Gasteiger partial charge in [-0.05, 0) is 71.3 Å². The van der Waals surface area contributed by atoms with E-state index in [9.17, 15) is 5.11 Å². The summed E-state index contributed by atoms with van der Waals surface area (Å²) >= 11 is 0. The number of rotatable bonds is 6. The fourth-order valence-electron chi connectivity index (χ4n) is 5.65. The van der Waals surface area contributed by atoms with Gasteiger partial charge in [0.05, 0.1) is 0 Å². The van der Waals surface area contributed by atoms with E-state index >= 15 is 0 Å². The Morgan fingerprint density at radius 1 is 0.441 bits per heavy atom. The molecule has 174 valence electrons. The lowest BCUT2D eigenvalue weighted by Crippen LogP contribution is -2.13. The number of aromatic hydroxyl groups is 1. The summed E-state index contributed by atoms with van der Waals surface area (Å²) in [7, 11) is 0. The van der Waals surface area contributed by atoms with Crippen LogP contribution in [-0.2, 0) is 0 Å². The molecule has 0 amide bonds. The van der Waals surface area contributed by atoms with Gasteiger partial charge in [-0.3, -0.25) is 0 Å². The minimum Gasteiger partial charge on any atom is -0.508 e. The van der Waals surface area contributed by atoms with E-state index in [4.69, 9.17) is 0 Å². The molecule has 3 atom stereocenters. The normalized spacial score (nSPS) is 13.9. The molecule has 0 saturated carbocycles. The van der Waals surface area contributed by atoms with Gasteiger partial charge >= 0.3 is 0 Å². The standard InChI is InChI=1S/C33H36O/c1-21-13-7-10-16-27(21)24(4)30-19-20-31(34)33(26(6)29-18-12-9-15-23(29)3)32(30)25(5)28-17-11-8-14-22(28)2/h7-20,24-26,34H,1-6H3/t24-,25+,26+/m0/s1. The van der Waals surface area contributed by atoms with Crippen LogP contribution in [0.1, 0.15) is 88.6 Å². The van der Waals surface area contributed by atoms with Crippen molar-refractivity contribution < 1.29 is 5.11 Å². The molecule has 34 heavy (non-hydrogen) atoms. The van der Waals surface area contributed by atoms with Crippen LogP contribution in [0.5, 0.6) is 5.75 Å². The van der Waals surface area contributed by atoms with Crippen molar-refractivity contribution in [1.29, 1.82) is 0 Å². The van der Waals surface area contributed by atoms with Gasteiger partial charge in [-0.25, -0.2) is 0 Å². The van der Waals surface area contributed by atoms with E-state index < -0.39 is 0 Å². The second-order valence-electron chi connectivity index (χ2n) is 9.74. The molecule has 4 rings (SSSR count). The highest BCUT2D eigenvalue weighted by molar-refractivity contribution is 5.57. The second-order valence-corrected chi connectivity index (χ2v) is 9.74. The lowest BCUT2D eigenvalue weighted by molar-refractivity contribution is 0.463. The Morgan fingerprint density at radius 3 is 1.26 bits per heavy atom. The zero-order valence-electron chi connectivity index (χ0n) is 21.3. The Hall–Kier alpha value is -3.32. The van der Waals surface area contributed by atoms with Crippen LogP contribution in [0.2, 0.25) is 0 Å². The van der Waals surface area contributed by atoms with Crippen molar-refractivity contribution in [1.82, 2.24) is 0 Å². The van der Waals surface area contributed by atoms with Gasteiger partial charge in [0.1, 0.15) is 5.75 Å². The third-order valence-corrected chi connectivity index (χ3v) is 7.60. The van der Waals surface area contributed by atoms with Crippen LogP contribution < -0.4 is 0 Å². The van der Waals surface area contributed by atoms with Crippen molar-refractivity contribution in [3.63, 3.8) is 0 Å². The fourth-order valence-corrected chi connectivity index (χ4v) is 5.65. The molecular weight excluding hydrogens is 412 g/mol. The summed E-state index contributed by atoms with van der Waals surface area (Å²) in [6.07, 6.45) is 0. The van der Waals surface area contributed by atoms with Crippen LogP contribution >= 0.6 is 0 Å². The third-order valence-electron chi connectivity index (χ3n) is 7.60. The minimum absolute atomic E-state index is 0.0756. The first kappa shape index (κ1) is 23.8. The molecule has 0 saturated heterocycles. The average Bonchev–Trinajstić information content (AvgIpc) is 2.83. The van der Waals surface area contributed by atoms with Crippen molar-refractivity contribution >= 4 is 0 Å². The molecule has 0 fully saturated rings. The molecule has 0 radical (unpaired) electrons. The molecule has 0 spiro atoms. The van der Waals surface area contributed by atoms with Gasteiger partial charge in [0, 0.05) is 23.3 Å². The molecule has 4 aromatic carbocycles. The second kappa shape index (κ2) is 9.89. The summed E-state index contributed by atoms with van der Waals surface area (Å²) in [5.74, 6) is 0.820. The van der Waals surface area contributed by atoms with E-state index in [2.05, 4.69) is 120 Å². The van der Waals surface area contributed by atoms with Crippen LogP contribution in [-0.4, -0.2) is 5.11 Å². The van der Waals surface area contributed by atoms with Gasteiger partial charge in [-0.2, -0.15) is 0 Å². The first-order chi connectivity index (χ1) is 16.3. The van der Waals surface area contributed by atoms with Crippen LogP contribution in [0, 0.1) is 20.8 Å². The van der Waals surface area contributed by atoms with Crippen LogP contribution in [0.3, 0.4) is 0 Å². The maximum absolute atomic E-state index is 11.3. The Kier molecular flexibility index (Phi) is 6.93. The number of phenols is 1. The first-order valence-corrected chi connectivity index (χ1v) is 12.3. The smallest absolute Gasteiger partial charge is 0.119 e. The van der Waals surface area contributed by atoms with Crippen molar-refractivity contribution in [2.24, 2.45) is 0 Å². The highest BCUT2D eigenvalue weighted by Crippen LogP contribution is 2.45. The van der Waals surface area contributed by atoms with Crippen LogP contribution in [0.25, 0.3) is 0 Å². The molecule has 0 heterocycles. The van der Waals surface area contributed by atoms with E-state index in [1.165, 1.54) is 44.5 Å². The Morgan fingerprint density at radius 2 is 0.824 bits per heavy atom. The molecule has 0 aliphatic carbocycles. The number of phenolic OH excluding ortho intramolecular Hbond substituents is 1. The fraction of sp³-hybridized carbons (Fsp3) is 0.273. The monoisotopic (exact) mass is 448 g/mol. The molecule has 0 aliphatic rings. The summed E-state index contributed by atoms with van der Waals surface area (Å²) in [6.45, 7) is 13.3. The number of aryl methyl sites for hydroxylation is 3. The molecule has 1 heteroatoms. The molecular formula is C33H36O. The predicted octanol–water partition coefficient (Wildman–Crippen LogP) is 8.77. The van der Waals surface area contributed by atoms with Gasteiger partial charge in [-0.15, -0.1) is 0 Å². The minimum atomic E-state index is 0.0756. The highest BCUT2D eigenvalue weighted by atomic mass is 16.3. The lowest BCUT2D eigenvalue weighted by atomic mass is 9.75. The van der Waals surface area contributed by atoms with Crippen molar-refractivity contribution in [2.75, 3.05) is 0 Å². The number of hydrogen-bond donors (Lipinski definition) is 1. The van der Waals surface area contributed by atoms with Gasteiger partial charge in [0.2, 0.25) is 0 Å². The van der Waals surface area contributed by atoms with Gasteiger partial charge in [0.25, 0.3) is 0 Å². The van der Waals surface area contributed by atoms with E-state index in [-0.39, 0.29) is 17.8 Å². The van der Waals surface area contributed by atoms with E-state index in [0.717, 1.165) is 5.56 Å². The lowest BCUT2D eigenvalue weighted by Gasteiger charge is -2.29. The van der Waals surface area contributed by atoms with Gasteiger partial charge in [0.15, 0.2) is 0 Å². The van der Waals surface area contributed by atoms with Gasteiger partial charge < -0.3 is 5.11 Å². The molecule has 1 N–H and O–H groups in total. The summed E-state index contributed by atoms with van der Waals surface area (Å²) in [5.41, 5.74) is 11.3. The summed E-state index contributed by atoms with van der Waals surface area (Å²) in [5, 5.41) is 11.3. The SMILES string of the molecule is Cc1ccccc1[C@H](C)c1ccc(O)c([C@H](C)c2ccccc2C)c1[C@H](C)c1ccccc1C. The van der Waals surface area contributed by atoms with Gasteiger partial charge in [-0.1, -0.05) is 99.6 Å². The topological polar surface area (TPSA) is 20.2 Å². The Balaban J connectivity index is 1.99. The Bertz CT molecular complexity index is 1300. The summed E-state index contributed by atoms with van der Waals surface area (Å²) < 4.78 is 0. The predicted molar refractivity (Wildman–Crippen MR) is 144 cm³/mol. The maximum atomic E-state index is 11.3. The number of hydrogen-bond acceptors (Lipinski definition) is 1. The van der Waals surface area contributed by atoms with Crippen molar-refractivity contribution in [3.8, 4) is 5.75 Å². The molecule has 1 nitrogen and oxygen atoms in total. The third kappa shape index (κ3) is 4.40. The summed E-state index contributed by atoms with van der Waals surface area (Å²) in [6, 6.07) is 29.9. The zero-order valence-corrected chi connectivity index (χ0v) is 21.3. The molecule has 0 aliphatic heterocycles. The quantitative estimate of drug-likeness (QED) is 0.312.